The van der Waals surface area contributed by atoms with Gasteiger partial charge in [-0.15, -0.1) is 0 Å². The van der Waals surface area contributed by atoms with E-state index in [2.05, 4.69) is 5.32 Å². The van der Waals surface area contributed by atoms with E-state index in [4.69, 9.17) is 9.47 Å². The van der Waals surface area contributed by atoms with Gasteiger partial charge in [-0.05, 0) is 37.5 Å². The van der Waals surface area contributed by atoms with Crippen molar-refractivity contribution in [3.8, 4) is 0 Å². The van der Waals surface area contributed by atoms with E-state index in [1.54, 1.807) is 11.6 Å². The number of carbonyl (C=O) groups excluding carboxylic acids is 2. The van der Waals surface area contributed by atoms with Gasteiger partial charge in [-0.2, -0.15) is 0 Å². The number of aromatic nitrogens is 1. The molecule has 7 heteroatoms. The van der Waals surface area contributed by atoms with Crippen LogP contribution >= 0.6 is 0 Å². The third kappa shape index (κ3) is 4.21. The minimum Gasteiger partial charge on any atom is -0.459 e. The van der Waals surface area contributed by atoms with Gasteiger partial charge < -0.3 is 19.9 Å². The minimum atomic E-state index is -0.617. The van der Waals surface area contributed by atoms with Gasteiger partial charge in [0, 0.05) is 50.6 Å². The van der Waals surface area contributed by atoms with Gasteiger partial charge in [0.1, 0.15) is 0 Å². The second-order valence-corrected chi connectivity index (χ2v) is 7.10. The van der Waals surface area contributed by atoms with Crippen LogP contribution in [0.25, 0.3) is 10.9 Å². The molecule has 0 saturated heterocycles. The van der Waals surface area contributed by atoms with E-state index in [0.717, 1.165) is 16.5 Å². The van der Waals surface area contributed by atoms with E-state index in [-0.39, 0.29) is 36.0 Å². The van der Waals surface area contributed by atoms with Crippen LogP contribution in [0.15, 0.2) is 42.3 Å². The summed E-state index contributed by atoms with van der Waals surface area (Å²) in [7, 11) is 1.55. The van der Waals surface area contributed by atoms with Crippen molar-refractivity contribution in [3.63, 3.8) is 0 Å². The first-order valence-electron chi connectivity index (χ1n) is 9.95. The van der Waals surface area contributed by atoms with E-state index in [9.17, 15) is 14.7 Å². The molecule has 2 aromatic rings. The van der Waals surface area contributed by atoms with E-state index < -0.39 is 6.29 Å². The quantitative estimate of drug-likeness (QED) is 0.746. The Balaban J connectivity index is 2.17. The van der Waals surface area contributed by atoms with Crippen molar-refractivity contribution in [3.05, 3.63) is 47.9 Å². The largest absolute Gasteiger partial charge is 0.459 e. The van der Waals surface area contributed by atoms with Crippen LogP contribution in [0.1, 0.15) is 43.0 Å². The van der Waals surface area contributed by atoms with Crippen molar-refractivity contribution in [2.75, 3.05) is 20.3 Å². The zero-order chi connectivity index (χ0) is 21.0. The molecule has 0 radical (unpaired) electrons. The maximum atomic E-state index is 12.3. The molecule has 0 saturated carbocycles. The lowest BCUT2D eigenvalue weighted by atomic mass is 9.80. The highest BCUT2D eigenvalue weighted by atomic mass is 16.7. The molecule has 1 aliphatic heterocycles. The summed E-state index contributed by atoms with van der Waals surface area (Å²) in [4.78, 5) is 24.5. The van der Waals surface area contributed by atoms with Gasteiger partial charge in [-0.1, -0.05) is 18.2 Å². The van der Waals surface area contributed by atoms with Crippen molar-refractivity contribution in [1.82, 2.24) is 9.88 Å². The molecule has 3 atom stereocenters. The molecule has 29 heavy (non-hydrogen) atoms. The fraction of sp³-hybridized carbons (Fsp3) is 0.455. The van der Waals surface area contributed by atoms with E-state index in [0.29, 0.717) is 19.4 Å². The number of nitrogens with one attached hydrogen (secondary N) is 1. The first-order chi connectivity index (χ1) is 14.0. The molecule has 1 aromatic carbocycles. The summed E-state index contributed by atoms with van der Waals surface area (Å²) in [6.07, 6.45) is 4.28. The lowest BCUT2D eigenvalue weighted by Gasteiger charge is -2.36. The number of aliphatic hydroxyl groups is 1. The summed E-state index contributed by atoms with van der Waals surface area (Å²) in [5.74, 6) is -0.513. The molecule has 0 unspecified atom stereocenters. The number of amides is 1. The predicted octanol–water partition coefficient (Wildman–Crippen LogP) is 2.80. The Kier molecular flexibility index (Phi) is 6.71. The third-order valence-corrected chi connectivity index (χ3v) is 5.30. The molecule has 2 heterocycles. The topological polar surface area (TPSA) is 89.8 Å². The smallest absolute Gasteiger partial charge is 0.285 e. The monoisotopic (exact) mass is 400 g/mol. The molecule has 0 fully saturated rings. The molecule has 3 rings (SSSR count). The molecule has 7 nitrogen and oxygen atoms in total. The number of aliphatic hydroxyl groups excluding tert-OH is 1. The van der Waals surface area contributed by atoms with Gasteiger partial charge in [-0.3, -0.25) is 14.2 Å². The van der Waals surface area contributed by atoms with Crippen LogP contribution < -0.4 is 5.32 Å². The lowest BCUT2D eigenvalue weighted by molar-refractivity contribution is -0.166. The van der Waals surface area contributed by atoms with Gasteiger partial charge in [0.05, 0.1) is 5.52 Å². The standard InChI is InChI=1S/C22H28N2O5/c1-4-28-22-16(9-7-11-25)17(12-20(29-22)21(27)23-3)18-13-24(14(2)26)19-10-6-5-8-15(18)19/h5-6,8,10,12-13,16-17,22,25H,4,7,9,11H2,1-3H3,(H,23,27)/t16-,17+,22-/m1/s1. The molecule has 0 aliphatic carbocycles. The molecule has 1 amide bonds. The molecular formula is C22H28N2O5. The second-order valence-electron chi connectivity index (χ2n) is 7.10. The van der Waals surface area contributed by atoms with Crippen molar-refractivity contribution in [1.29, 1.82) is 0 Å². The lowest BCUT2D eigenvalue weighted by Crippen LogP contribution is -2.38. The summed E-state index contributed by atoms with van der Waals surface area (Å²) < 4.78 is 13.3. The van der Waals surface area contributed by atoms with Gasteiger partial charge in [0.25, 0.3) is 5.91 Å². The van der Waals surface area contributed by atoms with Crippen molar-refractivity contribution < 1.29 is 24.2 Å². The van der Waals surface area contributed by atoms with E-state index in [1.807, 2.05) is 43.5 Å². The Hall–Kier alpha value is -2.64. The summed E-state index contributed by atoms with van der Waals surface area (Å²) >= 11 is 0. The SMILES string of the molecule is CCO[C@@H]1OC(C(=O)NC)=C[C@H](c2cn(C(C)=O)c3ccccc23)[C@H]1CCCO. The number of hydrogen-bond acceptors (Lipinski definition) is 5. The summed E-state index contributed by atoms with van der Waals surface area (Å²) in [5.41, 5.74) is 1.76. The van der Waals surface area contributed by atoms with Gasteiger partial charge in [0.2, 0.25) is 12.2 Å². The molecule has 1 aliphatic rings. The van der Waals surface area contributed by atoms with Crippen LogP contribution in [0.3, 0.4) is 0 Å². The van der Waals surface area contributed by atoms with Crippen LogP contribution in [0.4, 0.5) is 0 Å². The Morgan fingerprint density at radius 1 is 1.31 bits per heavy atom. The Bertz CT molecular complexity index is 917. The highest BCUT2D eigenvalue weighted by Crippen LogP contribution is 2.42. The van der Waals surface area contributed by atoms with Crippen molar-refractivity contribution in [2.45, 2.75) is 38.9 Å². The van der Waals surface area contributed by atoms with Gasteiger partial charge in [-0.25, -0.2) is 0 Å². The number of rotatable bonds is 7. The zero-order valence-corrected chi connectivity index (χ0v) is 17.1. The van der Waals surface area contributed by atoms with Crippen molar-refractivity contribution >= 4 is 22.7 Å². The zero-order valence-electron chi connectivity index (χ0n) is 17.1. The number of likely N-dealkylation sites (N-methyl/N-ethyl adjacent to an activating group) is 1. The number of benzene rings is 1. The Morgan fingerprint density at radius 3 is 2.72 bits per heavy atom. The predicted molar refractivity (Wildman–Crippen MR) is 109 cm³/mol. The fourth-order valence-corrected chi connectivity index (χ4v) is 3.98. The van der Waals surface area contributed by atoms with Crippen molar-refractivity contribution in [2.24, 2.45) is 5.92 Å². The second kappa shape index (κ2) is 9.24. The molecule has 156 valence electrons. The van der Waals surface area contributed by atoms with Crippen LogP contribution in [-0.2, 0) is 14.3 Å². The number of para-hydroxylation sites is 1. The summed E-state index contributed by atoms with van der Waals surface area (Å²) in [6.45, 7) is 3.89. The maximum absolute atomic E-state index is 12.3. The highest BCUT2D eigenvalue weighted by molar-refractivity contribution is 5.95. The molecule has 0 bridgehead atoms. The van der Waals surface area contributed by atoms with Crippen LogP contribution in [0, 0.1) is 5.92 Å². The summed E-state index contributed by atoms with van der Waals surface area (Å²) in [5, 5.41) is 12.9. The maximum Gasteiger partial charge on any atom is 0.285 e. The van der Waals surface area contributed by atoms with Gasteiger partial charge in [0.15, 0.2) is 5.76 Å². The minimum absolute atomic E-state index is 0.0588. The average molecular weight is 400 g/mol. The van der Waals surface area contributed by atoms with Gasteiger partial charge >= 0.3 is 0 Å². The molecule has 0 spiro atoms. The number of fused-ring (bicyclic) bond motifs is 1. The number of ether oxygens (including phenoxy) is 2. The first kappa shape index (κ1) is 21.1. The average Bonchev–Trinajstić information content (AvgIpc) is 3.12. The van der Waals surface area contributed by atoms with Crippen LogP contribution in [0.2, 0.25) is 0 Å². The van der Waals surface area contributed by atoms with E-state index in [1.165, 1.54) is 6.92 Å². The number of carbonyl (C=O) groups is 2. The molecule has 2 N–H and O–H groups in total. The summed E-state index contributed by atoms with van der Waals surface area (Å²) in [6, 6.07) is 7.72. The molecular weight excluding hydrogens is 372 g/mol. The first-order valence-corrected chi connectivity index (χ1v) is 9.95. The fourth-order valence-electron chi connectivity index (χ4n) is 3.98. The van der Waals surface area contributed by atoms with Crippen LogP contribution in [0.5, 0.6) is 0 Å². The molecule has 1 aromatic heterocycles. The highest BCUT2D eigenvalue weighted by Gasteiger charge is 2.39. The Labute approximate surface area is 170 Å². The van der Waals surface area contributed by atoms with Crippen LogP contribution in [-0.4, -0.2) is 48.0 Å². The Morgan fingerprint density at radius 2 is 2.07 bits per heavy atom. The number of allylic oxidation sites excluding steroid dienone is 1. The normalized spacial score (nSPS) is 21.5. The number of hydrogen-bond donors (Lipinski definition) is 2. The third-order valence-electron chi connectivity index (χ3n) is 5.30. The van der Waals surface area contributed by atoms with E-state index >= 15 is 0 Å². The number of nitrogens with zero attached hydrogens (tertiary/aromatic N) is 1.